The van der Waals surface area contributed by atoms with Gasteiger partial charge in [0.2, 0.25) is 0 Å². The summed E-state index contributed by atoms with van der Waals surface area (Å²) in [5, 5.41) is 9.27. The topological polar surface area (TPSA) is 58.2 Å². The number of rotatable bonds is 6. The average Bonchev–Trinajstić information content (AvgIpc) is 3.35. The van der Waals surface area contributed by atoms with Crippen molar-refractivity contribution in [3.05, 3.63) is 63.7 Å². The number of carbonyl (C=O) groups is 1. The lowest BCUT2D eigenvalue weighted by Crippen LogP contribution is -2.30. The lowest BCUT2D eigenvalue weighted by molar-refractivity contribution is 0.0725. The molecule has 26 heavy (non-hydrogen) atoms. The molecule has 7 heteroatoms. The lowest BCUT2D eigenvalue weighted by Gasteiger charge is -2.25. The largest absolute Gasteiger partial charge is 0.385 e. The van der Waals surface area contributed by atoms with Crippen molar-refractivity contribution in [1.82, 2.24) is 15.1 Å². The van der Waals surface area contributed by atoms with Crippen molar-refractivity contribution in [2.75, 3.05) is 20.3 Å². The number of hydrogen-bond donors (Lipinski definition) is 1. The molecule has 1 unspecified atom stereocenters. The number of fused-ring (bicyclic) bond motifs is 1. The van der Waals surface area contributed by atoms with E-state index in [0.717, 1.165) is 22.4 Å². The maximum atomic E-state index is 13.3. The van der Waals surface area contributed by atoms with Crippen molar-refractivity contribution < 1.29 is 13.9 Å². The molecule has 0 spiro atoms. The van der Waals surface area contributed by atoms with E-state index in [1.54, 1.807) is 30.6 Å². The van der Waals surface area contributed by atoms with Crippen LogP contribution in [0.2, 0.25) is 0 Å². The van der Waals surface area contributed by atoms with Crippen LogP contribution in [0.5, 0.6) is 0 Å². The first-order chi connectivity index (χ1) is 12.7. The minimum Gasteiger partial charge on any atom is -0.385 e. The zero-order valence-electron chi connectivity index (χ0n) is 14.2. The number of aromatic amines is 1. The van der Waals surface area contributed by atoms with Crippen molar-refractivity contribution in [2.45, 2.75) is 12.5 Å². The average molecular weight is 371 g/mol. The molecule has 0 saturated heterocycles. The Bertz CT molecular complexity index is 906. The number of benzene rings is 1. The quantitative estimate of drug-likeness (QED) is 0.670. The molecule has 1 N–H and O–H groups in total. The number of carbonyl (C=O) groups excluding carboxylic acids is 1. The maximum absolute atomic E-state index is 13.3. The summed E-state index contributed by atoms with van der Waals surface area (Å²) in [6, 6.07) is 10.0. The molecule has 1 aromatic carbocycles. The van der Waals surface area contributed by atoms with Crippen LogP contribution in [-0.2, 0) is 4.74 Å². The molecule has 2 aromatic heterocycles. The highest BCUT2D eigenvalue weighted by molar-refractivity contribution is 7.10. The van der Waals surface area contributed by atoms with Gasteiger partial charge >= 0.3 is 0 Å². The first-order valence-electron chi connectivity index (χ1n) is 8.38. The van der Waals surface area contributed by atoms with E-state index in [4.69, 9.17) is 4.74 Å². The van der Waals surface area contributed by atoms with E-state index in [2.05, 4.69) is 10.2 Å². The SMILES string of the molecule is COCCCN1C(=O)c2[nH]nc(-c3ccc(F)cc3)c2C1c1cccs1. The van der Waals surface area contributed by atoms with Crippen LogP contribution < -0.4 is 0 Å². The number of halogens is 1. The third kappa shape index (κ3) is 2.83. The molecule has 4 rings (SSSR count). The number of hydrogen-bond acceptors (Lipinski definition) is 4. The predicted molar refractivity (Wildman–Crippen MR) is 97.7 cm³/mol. The van der Waals surface area contributed by atoms with Crippen molar-refractivity contribution in [2.24, 2.45) is 0 Å². The Morgan fingerprint density at radius 1 is 1.31 bits per heavy atom. The minimum atomic E-state index is -0.298. The number of aromatic nitrogens is 2. The van der Waals surface area contributed by atoms with Gasteiger partial charge in [-0.25, -0.2) is 4.39 Å². The van der Waals surface area contributed by atoms with Gasteiger partial charge in [-0.05, 0) is 42.1 Å². The number of amides is 1. The molecule has 0 saturated carbocycles. The second-order valence-corrected chi connectivity index (χ2v) is 7.11. The zero-order valence-corrected chi connectivity index (χ0v) is 15.1. The fourth-order valence-corrected chi connectivity index (χ4v) is 4.22. The summed E-state index contributed by atoms with van der Waals surface area (Å²) >= 11 is 1.61. The molecule has 1 amide bonds. The minimum absolute atomic E-state index is 0.0598. The van der Waals surface area contributed by atoms with E-state index < -0.39 is 0 Å². The summed E-state index contributed by atoms with van der Waals surface area (Å²) in [6.45, 7) is 1.19. The summed E-state index contributed by atoms with van der Waals surface area (Å²) < 4.78 is 18.4. The van der Waals surface area contributed by atoms with Crippen LogP contribution in [0.1, 0.15) is 33.4 Å². The van der Waals surface area contributed by atoms with Gasteiger partial charge in [-0.3, -0.25) is 9.89 Å². The van der Waals surface area contributed by atoms with E-state index in [1.165, 1.54) is 12.1 Å². The molecule has 134 valence electrons. The maximum Gasteiger partial charge on any atom is 0.273 e. The van der Waals surface area contributed by atoms with Gasteiger partial charge in [-0.15, -0.1) is 11.3 Å². The Morgan fingerprint density at radius 3 is 2.81 bits per heavy atom. The van der Waals surface area contributed by atoms with Crippen LogP contribution in [0.3, 0.4) is 0 Å². The smallest absolute Gasteiger partial charge is 0.273 e. The van der Waals surface area contributed by atoms with Crippen LogP contribution in [-0.4, -0.2) is 41.3 Å². The summed E-state index contributed by atoms with van der Waals surface area (Å²) in [5.41, 5.74) is 2.86. The molecule has 3 aromatic rings. The lowest BCUT2D eigenvalue weighted by atomic mass is 10.0. The summed E-state index contributed by atoms with van der Waals surface area (Å²) in [4.78, 5) is 15.9. The van der Waals surface area contributed by atoms with Gasteiger partial charge < -0.3 is 9.64 Å². The fourth-order valence-electron chi connectivity index (χ4n) is 3.38. The zero-order chi connectivity index (χ0) is 18.1. The van der Waals surface area contributed by atoms with Crippen molar-refractivity contribution >= 4 is 17.2 Å². The standard InChI is InChI=1S/C19H18FN3O2S/c1-25-10-3-9-23-18(14-4-2-11-26-14)15-16(21-22-17(15)19(23)24)12-5-7-13(20)8-6-12/h2,4-8,11,18H,3,9-10H2,1H3,(H,21,22). The number of ether oxygens (including phenoxy) is 1. The molecule has 0 radical (unpaired) electrons. The number of thiophene rings is 1. The van der Waals surface area contributed by atoms with Gasteiger partial charge in [0.05, 0.1) is 11.7 Å². The summed E-state index contributed by atoms with van der Waals surface area (Å²) in [7, 11) is 1.65. The van der Waals surface area contributed by atoms with Crippen LogP contribution in [0.4, 0.5) is 4.39 Å². The van der Waals surface area contributed by atoms with Crippen molar-refractivity contribution in [1.29, 1.82) is 0 Å². The van der Waals surface area contributed by atoms with E-state index in [9.17, 15) is 9.18 Å². The van der Waals surface area contributed by atoms with Crippen LogP contribution in [0.25, 0.3) is 11.3 Å². The van der Waals surface area contributed by atoms with Crippen molar-refractivity contribution in [3.63, 3.8) is 0 Å². The van der Waals surface area contributed by atoms with E-state index in [0.29, 0.717) is 24.5 Å². The molecule has 5 nitrogen and oxygen atoms in total. The van der Waals surface area contributed by atoms with Crippen LogP contribution in [0.15, 0.2) is 41.8 Å². The highest BCUT2D eigenvalue weighted by Crippen LogP contribution is 2.44. The van der Waals surface area contributed by atoms with E-state index in [1.807, 2.05) is 22.4 Å². The van der Waals surface area contributed by atoms with Crippen LogP contribution in [0, 0.1) is 5.82 Å². The Hall–Kier alpha value is -2.51. The Morgan fingerprint density at radius 2 is 2.12 bits per heavy atom. The van der Waals surface area contributed by atoms with Crippen LogP contribution >= 0.6 is 11.3 Å². The number of nitrogens with one attached hydrogen (secondary N) is 1. The van der Waals surface area contributed by atoms with Crippen molar-refractivity contribution in [3.8, 4) is 11.3 Å². The summed E-state index contributed by atoms with van der Waals surface area (Å²) in [5.74, 6) is -0.358. The molecule has 0 fully saturated rings. The second kappa shape index (κ2) is 7.01. The third-order valence-corrected chi connectivity index (χ3v) is 5.47. The highest BCUT2D eigenvalue weighted by atomic mass is 32.1. The Labute approximate surface area is 154 Å². The fraction of sp³-hybridized carbons (Fsp3) is 0.263. The molecular formula is C19H18FN3O2S. The first-order valence-corrected chi connectivity index (χ1v) is 9.26. The number of H-pyrrole nitrogens is 1. The molecular weight excluding hydrogens is 353 g/mol. The molecule has 1 aliphatic heterocycles. The number of nitrogens with zero attached hydrogens (tertiary/aromatic N) is 2. The normalized spacial score (nSPS) is 16.3. The van der Waals surface area contributed by atoms with E-state index in [-0.39, 0.29) is 17.8 Å². The van der Waals surface area contributed by atoms with Gasteiger partial charge in [0.25, 0.3) is 5.91 Å². The Kier molecular flexibility index (Phi) is 4.57. The Balaban J connectivity index is 1.78. The van der Waals surface area contributed by atoms with Gasteiger partial charge in [-0.2, -0.15) is 5.10 Å². The first kappa shape index (κ1) is 16.9. The molecule has 0 bridgehead atoms. The molecule has 0 aliphatic carbocycles. The predicted octanol–water partition coefficient (Wildman–Crippen LogP) is 3.86. The highest BCUT2D eigenvalue weighted by Gasteiger charge is 2.42. The van der Waals surface area contributed by atoms with Gasteiger partial charge in [0.15, 0.2) is 0 Å². The summed E-state index contributed by atoms with van der Waals surface area (Å²) in [6.07, 6.45) is 0.758. The van der Waals surface area contributed by atoms with E-state index >= 15 is 0 Å². The molecule has 1 atom stereocenters. The third-order valence-electron chi connectivity index (χ3n) is 4.54. The number of methoxy groups -OCH3 is 1. The van der Waals surface area contributed by atoms with Gasteiger partial charge in [0, 0.05) is 36.3 Å². The monoisotopic (exact) mass is 371 g/mol. The second-order valence-electron chi connectivity index (χ2n) is 6.13. The van der Waals surface area contributed by atoms with Gasteiger partial charge in [-0.1, -0.05) is 6.07 Å². The van der Waals surface area contributed by atoms with Gasteiger partial charge in [0.1, 0.15) is 11.5 Å². The molecule has 3 heterocycles. The molecule has 1 aliphatic rings.